The van der Waals surface area contributed by atoms with E-state index in [1.807, 2.05) is 6.92 Å². The average Bonchev–Trinajstić information content (AvgIpc) is 2.18. The zero-order chi connectivity index (χ0) is 6.69. The van der Waals surface area contributed by atoms with Gasteiger partial charge in [0.15, 0.2) is 0 Å². The highest BCUT2D eigenvalue weighted by Crippen LogP contribution is 2.08. The Labute approximate surface area is 54.4 Å². The Bertz CT molecular complexity index is 179. The van der Waals surface area contributed by atoms with Crippen LogP contribution in [0.3, 0.4) is 0 Å². The van der Waals surface area contributed by atoms with Gasteiger partial charge in [-0.2, -0.15) is 0 Å². The van der Waals surface area contributed by atoms with Crippen LogP contribution in [0.5, 0.6) is 0 Å². The van der Waals surface area contributed by atoms with Gasteiger partial charge in [-0.15, -0.1) is 0 Å². The molecule has 1 aromatic rings. The summed E-state index contributed by atoms with van der Waals surface area (Å²) >= 11 is 0. The lowest BCUT2D eigenvalue weighted by molar-refractivity contribution is 0.184. The molecular formula is C7H10O2. The van der Waals surface area contributed by atoms with Crippen LogP contribution in [-0.4, -0.2) is 7.11 Å². The summed E-state index contributed by atoms with van der Waals surface area (Å²) in [5, 5.41) is 0. The molecule has 0 aliphatic heterocycles. The molecular weight excluding hydrogens is 116 g/mol. The second-order valence-electron chi connectivity index (χ2n) is 2.01. The first-order chi connectivity index (χ1) is 4.34. The summed E-state index contributed by atoms with van der Waals surface area (Å²) in [4.78, 5) is 0. The molecule has 2 heteroatoms. The van der Waals surface area contributed by atoms with Crippen LogP contribution < -0.4 is 0 Å². The Balaban J connectivity index is 2.69. The first-order valence-electron chi connectivity index (χ1n) is 2.85. The number of furan rings is 1. The van der Waals surface area contributed by atoms with Crippen LogP contribution in [0.4, 0.5) is 0 Å². The molecule has 0 radical (unpaired) electrons. The highest BCUT2D eigenvalue weighted by atomic mass is 16.5. The highest BCUT2D eigenvalue weighted by Gasteiger charge is 1.97. The number of hydrogen-bond donors (Lipinski definition) is 0. The number of methoxy groups -OCH3 is 1. The van der Waals surface area contributed by atoms with E-state index in [-0.39, 0.29) is 0 Å². The maximum atomic E-state index is 4.92. The van der Waals surface area contributed by atoms with Crippen molar-refractivity contribution in [3.8, 4) is 0 Å². The molecule has 0 aliphatic carbocycles. The molecule has 1 heterocycles. The van der Waals surface area contributed by atoms with Crippen LogP contribution in [0.2, 0.25) is 0 Å². The molecule has 0 spiro atoms. The monoisotopic (exact) mass is 126 g/mol. The van der Waals surface area contributed by atoms with Crippen LogP contribution in [0.1, 0.15) is 11.1 Å². The van der Waals surface area contributed by atoms with E-state index in [0.717, 1.165) is 11.1 Å². The van der Waals surface area contributed by atoms with Crippen molar-refractivity contribution in [2.24, 2.45) is 0 Å². The first-order valence-corrected chi connectivity index (χ1v) is 2.85. The van der Waals surface area contributed by atoms with Gasteiger partial charge in [0.25, 0.3) is 0 Å². The van der Waals surface area contributed by atoms with Gasteiger partial charge in [-0.25, -0.2) is 0 Å². The van der Waals surface area contributed by atoms with Crippen LogP contribution in [0.25, 0.3) is 0 Å². The number of aryl methyl sites for hydroxylation is 1. The van der Waals surface area contributed by atoms with Gasteiger partial charge in [-0.3, -0.25) is 0 Å². The molecule has 0 N–H and O–H groups in total. The summed E-state index contributed by atoms with van der Waals surface area (Å²) in [6.07, 6.45) is 3.42. The molecule has 50 valence electrons. The minimum absolute atomic E-state index is 0.641. The van der Waals surface area contributed by atoms with Crippen molar-refractivity contribution in [2.75, 3.05) is 7.11 Å². The molecule has 0 aromatic carbocycles. The third kappa shape index (κ3) is 1.33. The largest absolute Gasteiger partial charge is 0.472 e. The summed E-state index contributed by atoms with van der Waals surface area (Å²) in [7, 11) is 1.67. The van der Waals surface area contributed by atoms with Crippen molar-refractivity contribution in [3.63, 3.8) is 0 Å². The van der Waals surface area contributed by atoms with Gasteiger partial charge < -0.3 is 9.15 Å². The summed E-state index contributed by atoms with van der Waals surface area (Å²) in [5.74, 6) is 0. The third-order valence-corrected chi connectivity index (χ3v) is 1.26. The van der Waals surface area contributed by atoms with Crippen molar-refractivity contribution in [1.29, 1.82) is 0 Å². The van der Waals surface area contributed by atoms with Gasteiger partial charge in [0.1, 0.15) is 0 Å². The quantitative estimate of drug-likeness (QED) is 0.602. The Hall–Kier alpha value is -0.760. The normalized spacial score (nSPS) is 10.0. The lowest BCUT2D eigenvalue weighted by atomic mass is 10.2. The number of rotatable bonds is 2. The molecule has 0 unspecified atom stereocenters. The Morgan fingerprint density at radius 2 is 2.33 bits per heavy atom. The molecule has 0 saturated carbocycles. The molecule has 1 rings (SSSR count). The minimum Gasteiger partial charge on any atom is -0.472 e. The van der Waals surface area contributed by atoms with Crippen molar-refractivity contribution >= 4 is 0 Å². The standard InChI is InChI=1S/C7H10O2/c1-6-3-9-5-7(6)4-8-2/h3,5H,4H2,1-2H3. The summed E-state index contributed by atoms with van der Waals surface area (Å²) in [5.41, 5.74) is 2.27. The van der Waals surface area contributed by atoms with Gasteiger partial charge >= 0.3 is 0 Å². The van der Waals surface area contributed by atoms with Crippen molar-refractivity contribution in [3.05, 3.63) is 23.7 Å². The van der Waals surface area contributed by atoms with E-state index in [4.69, 9.17) is 9.15 Å². The van der Waals surface area contributed by atoms with Crippen molar-refractivity contribution in [2.45, 2.75) is 13.5 Å². The first kappa shape index (κ1) is 6.36. The van der Waals surface area contributed by atoms with E-state index < -0.39 is 0 Å². The summed E-state index contributed by atoms with van der Waals surface area (Å²) < 4.78 is 9.82. The molecule has 1 aromatic heterocycles. The zero-order valence-corrected chi connectivity index (χ0v) is 5.68. The highest BCUT2D eigenvalue weighted by molar-refractivity contribution is 5.17. The predicted molar refractivity (Wildman–Crippen MR) is 34.2 cm³/mol. The topological polar surface area (TPSA) is 22.4 Å². The van der Waals surface area contributed by atoms with Crippen molar-refractivity contribution < 1.29 is 9.15 Å². The summed E-state index contributed by atoms with van der Waals surface area (Å²) in [6.45, 7) is 2.64. The second-order valence-corrected chi connectivity index (χ2v) is 2.01. The van der Waals surface area contributed by atoms with Crippen LogP contribution in [0.15, 0.2) is 16.9 Å². The average molecular weight is 126 g/mol. The fourth-order valence-electron chi connectivity index (χ4n) is 0.690. The Morgan fingerprint density at radius 3 is 2.78 bits per heavy atom. The molecule has 0 amide bonds. The number of hydrogen-bond acceptors (Lipinski definition) is 2. The van der Waals surface area contributed by atoms with Gasteiger partial charge in [0.2, 0.25) is 0 Å². The van der Waals surface area contributed by atoms with Gasteiger partial charge in [-0.1, -0.05) is 0 Å². The third-order valence-electron chi connectivity index (χ3n) is 1.26. The molecule has 9 heavy (non-hydrogen) atoms. The van der Waals surface area contributed by atoms with Gasteiger partial charge in [-0.05, 0) is 12.5 Å². The van der Waals surface area contributed by atoms with Crippen LogP contribution in [-0.2, 0) is 11.3 Å². The molecule has 0 aliphatic rings. The van der Waals surface area contributed by atoms with Crippen LogP contribution >= 0.6 is 0 Å². The Kier molecular flexibility index (Phi) is 1.90. The fourth-order valence-corrected chi connectivity index (χ4v) is 0.690. The van der Waals surface area contributed by atoms with E-state index in [9.17, 15) is 0 Å². The number of ether oxygens (including phenoxy) is 1. The minimum atomic E-state index is 0.641. The lowest BCUT2D eigenvalue weighted by Crippen LogP contribution is -1.85. The van der Waals surface area contributed by atoms with E-state index in [1.165, 1.54) is 0 Å². The summed E-state index contributed by atoms with van der Waals surface area (Å²) in [6, 6.07) is 0. The SMILES string of the molecule is COCc1cocc1C. The maximum Gasteiger partial charge on any atom is 0.0960 e. The van der Waals surface area contributed by atoms with E-state index in [0.29, 0.717) is 6.61 Å². The molecule has 0 bridgehead atoms. The second kappa shape index (κ2) is 2.69. The van der Waals surface area contributed by atoms with E-state index >= 15 is 0 Å². The fraction of sp³-hybridized carbons (Fsp3) is 0.429. The van der Waals surface area contributed by atoms with Gasteiger partial charge in [0, 0.05) is 12.7 Å². The zero-order valence-electron chi connectivity index (χ0n) is 5.68. The molecule has 0 atom stereocenters. The Morgan fingerprint density at radius 1 is 1.56 bits per heavy atom. The smallest absolute Gasteiger partial charge is 0.0960 e. The van der Waals surface area contributed by atoms with E-state index in [1.54, 1.807) is 19.6 Å². The maximum absolute atomic E-state index is 4.92. The van der Waals surface area contributed by atoms with E-state index in [2.05, 4.69) is 0 Å². The molecule has 2 nitrogen and oxygen atoms in total. The predicted octanol–water partition coefficient (Wildman–Crippen LogP) is 1.73. The van der Waals surface area contributed by atoms with Gasteiger partial charge in [0.05, 0.1) is 19.1 Å². The lowest BCUT2D eigenvalue weighted by Gasteiger charge is -1.92. The molecule has 0 fully saturated rings. The van der Waals surface area contributed by atoms with Crippen LogP contribution in [0, 0.1) is 6.92 Å². The van der Waals surface area contributed by atoms with Crippen molar-refractivity contribution in [1.82, 2.24) is 0 Å². The molecule has 0 saturated heterocycles.